The maximum Gasteiger partial charge on any atom is 0.336 e. The Bertz CT molecular complexity index is 202. The van der Waals surface area contributed by atoms with Crippen LogP contribution < -0.4 is 5.32 Å². The predicted molar refractivity (Wildman–Crippen MR) is 59.2 cm³/mol. The molecule has 1 aliphatic rings. The first kappa shape index (κ1) is 13.4. The fraction of sp³-hybridized carbons (Fsp3) is 0.909. The van der Waals surface area contributed by atoms with Gasteiger partial charge in [-0.2, -0.15) is 0 Å². The standard InChI is InChI=1S/C11H21NO4/c1-9(2)8-14-5-6-16-11(13)10-7-12-3-4-15-10/h9-10,12H,3-8H2,1-2H3. The van der Waals surface area contributed by atoms with Crippen LogP contribution in [0.5, 0.6) is 0 Å². The van der Waals surface area contributed by atoms with E-state index in [2.05, 4.69) is 19.2 Å². The third kappa shape index (κ3) is 5.44. The highest BCUT2D eigenvalue weighted by Crippen LogP contribution is 1.99. The Hall–Kier alpha value is -0.650. The number of carbonyl (C=O) groups excluding carboxylic acids is 1. The highest BCUT2D eigenvalue weighted by Gasteiger charge is 2.22. The second kappa shape index (κ2) is 7.60. The highest BCUT2D eigenvalue weighted by molar-refractivity contribution is 5.75. The van der Waals surface area contributed by atoms with E-state index in [1.165, 1.54) is 0 Å². The summed E-state index contributed by atoms with van der Waals surface area (Å²) in [6.07, 6.45) is -0.459. The van der Waals surface area contributed by atoms with Crippen LogP contribution in [0.25, 0.3) is 0 Å². The van der Waals surface area contributed by atoms with Crippen LogP contribution in [-0.4, -0.2) is 51.6 Å². The Kier molecular flexibility index (Phi) is 6.37. The van der Waals surface area contributed by atoms with Crippen molar-refractivity contribution < 1.29 is 19.0 Å². The molecule has 16 heavy (non-hydrogen) atoms. The lowest BCUT2D eigenvalue weighted by Gasteiger charge is -2.21. The van der Waals surface area contributed by atoms with Gasteiger partial charge in [0.2, 0.25) is 0 Å². The van der Waals surface area contributed by atoms with Crippen LogP contribution in [0.3, 0.4) is 0 Å². The average molecular weight is 231 g/mol. The Morgan fingerprint density at radius 2 is 2.31 bits per heavy atom. The van der Waals surface area contributed by atoms with E-state index in [1.807, 2.05) is 0 Å². The molecule has 1 saturated heterocycles. The van der Waals surface area contributed by atoms with Gasteiger partial charge in [-0.3, -0.25) is 0 Å². The van der Waals surface area contributed by atoms with Gasteiger partial charge in [0, 0.05) is 19.7 Å². The normalized spacial score (nSPS) is 21.1. The third-order valence-electron chi connectivity index (χ3n) is 2.11. The largest absolute Gasteiger partial charge is 0.461 e. The molecular weight excluding hydrogens is 210 g/mol. The molecule has 0 aromatic heterocycles. The van der Waals surface area contributed by atoms with Gasteiger partial charge in [-0.1, -0.05) is 13.8 Å². The van der Waals surface area contributed by atoms with E-state index in [4.69, 9.17) is 14.2 Å². The number of ether oxygens (including phenoxy) is 3. The van der Waals surface area contributed by atoms with Crippen molar-refractivity contribution >= 4 is 5.97 Å². The molecule has 5 heteroatoms. The van der Waals surface area contributed by atoms with Gasteiger partial charge in [0.25, 0.3) is 0 Å². The lowest BCUT2D eigenvalue weighted by molar-refractivity contribution is -0.160. The maximum atomic E-state index is 11.5. The zero-order valence-electron chi connectivity index (χ0n) is 10.0. The number of morpholine rings is 1. The van der Waals surface area contributed by atoms with E-state index in [9.17, 15) is 4.79 Å². The molecule has 0 bridgehead atoms. The lowest BCUT2D eigenvalue weighted by Crippen LogP contribution is -2.44. The van der Waals surface area contributed by atoms with Crippen molar-refractivity contribution in [2.75, 3.05) is 39.5 Å². The Morgan fingerprint density at radius 1 is 1.50 bits per heavy atom. The molecule has 1 fully saturated rings. The molecule has 0 radical (unpaired) electrons. The summed E-state index contributed by atoms with van der Waals surface area (Å²) in [5, 5.41) is 3.08. The summed E-state index contributed by atoms with van der Waals surface area (Å²) >= 11 is 0. The highest BCUT2D eigenvalue weighted by atomic mass is 16.6. The smallest absolute Gasteiger partial charge is 0.336 e. The number of hydrogen-bond donors (Lipinski definition) is 1. The second-order valence-corrected chi connectivity index (χ2v) is 4.20. The lowest BCUT2D eigenvalue weighted by atomic mass is 10.2. The van der Waals surface area contributed by atoms with Gasteiger partial charge in [-0.05, 0) is 5.92 Å². The van der Waals surface area contributed by atoms with Crippen LogP contribution in [0.15, 0.2) is 0 Å². The average Bonchev–Trinajstić information content (AvgIpc) is 2.29. The molecule has 0 spiro atoms. The van der Waals surface area contributed by atoms with E-state index < -0.39 is 6.10 Å². The van der Waals surface area contributed by atoms with E-state index in [0.717, 1.165) is 6.54 Å². The molecule has 94 valence electrons. The Labute approximate surface area is 96.4 Å². The van der Waals surface area contributed by atoms with Gasteiger partial charge in [0.15, 0.2) is 6.10 Å². The summed E-state index contributed by atoms with van der Waals surface area (Å²) in [5.74, 6) is 0.196. The molecular formula is C11H21NO4. The van der Waals surface area contributed by atoms with Crippen LogP contribution in [0.4, 0.5) is 0 Å². The minimum atomic E-state index is -0.459. The first-order valence-corrected chi connectivity index (χ1v) is 5.77. The minimum Gasteiger partial charge on any atom is -0.461 e. The van der Waals surface area contributed by atoms with Crippen molar-refractivity contribution in [2.45, 2.75) is 20.0 Å². The van der Waals surface area contributed by atoms with Crippen molar-refractivity contribution in [3.05, 3.63) is 0 Å². The van der Waals surface area contributed by atoms with Gasteiger partial charge < -0.3 is 19.5 Å². The zero-order valence-corrected chi connectivity index (χ0v) is 10.0. The fourth-order valence-corrected chi connectivity index (χ4v) is 1.33. The molecule has 1 aliphatic heterocycles. The quantitative estimate of drug-likeness (QED) is 0.522. The molecule has 0 aromatic rings. The van der Waals surface area contributed by atoms with Crippen LogP contribution in [-0.2, 0) is 19.0 Å². The van der Waals surface area contributed by atoms with E-state index in [-0.39, 0.29) is 5.97 Å². The zero-order chi connectivity index (χ0) is 11.8. The van der Waals surface area contributed by atoms with Crippen LogP contribution in [0.1, 0.15) is 13.8 Å². The van der Waals surface area contributed by atoms with E-state index in [1.54, 1.807) is 0 Å². The Morgan fingerprint density at radius 3 is 2.94 bits per heavy atom. The summed E-state index contributed by atoms with van der Waals surface area (Å²) in [5.41, 5.74) is 0. The molecule has 0 saturated carbocycles. The topological polar surface area (TPSA) is 56.8 Å². The van der Waals surface area contributed by atoms with Crippen LogP contribution >= 0.6 is 0 Å². The summed E-state index contributed by atoms with van der Waals surface area (Å²) < 4.78 is 15.6. The molecule has 0 aliphatic carbocycles. The molecule has 1 rings (SSSR count). The van der Waals surface area contributed by atoms with Crippen molar-refractivity contribution in [3.8, 4) is 0 Å². The molecule has 5 nitrogen and oxygen atoms in total. The van der Waals surface area contributed by atoms with Crippen molar-refractivity contribution in [1.29, 1.82) is 0 Å². The van der Waals surface area contributed by atoms with E-state index >= 15 is 0 Å². The van der Waals surface area contributed by atoms with Crippen molar-refractivity contribution in [3.63, 3.8) is 0 Å². The summed E-state index contributed by atoms with van der Waals surface area (Å²) in [4.78, 5) is 11.5. The molecule has 1 atom stereocenters. The van der Waals surface area contributed by atoms with E-state index in [0.29, 0.717) is 38.9 Å². The van der Waals surface area contributed by atoms with Crippen LogP contribution in [0, 0.1) is 5.92 Å². The maximum absolute atomic E-state index is 11.5. The molecule has 0 aromatic carbocycles. The van der Waals surface area contributed by atoms with Gasteiger partial charge in [-0.15, -0.1) is 0 Å². The van der Waals surface area contributed by atoms with Crippen molar-refractivity contribution in [1.82, 2.24) is 5.32 Å². The Balaban J connectivity index is 2.01. The first-order valence-electron chi connectivity index (χ1n) is 5.77. The first-order chi connectivity index (χ1) is 7.70. The molecule has 1 N–H and O–H groups in total. The SMILES string of the molecule is CC(C)COCCOC(=O)C1CNCCO1. The predicted octanol–water partition coefficient (Wildman–Crippen LogP) is 0.191. The fourth-order valence-electron chi connectivity index (χ4n) is 1.33. The van der Waals surface area contributed by atoms with Gasteiger partial charge in [0.05, 0.1) is 13.2 Å². The molecule has 0 amide bonds. The van der Waals surface area contributed by atoms with Gasteiger partial charge in [0.1, 0.15) is 6.61 Å². The number of hydrogen-bond acceptors (Lipinski definition) is 5. The van der Waals surface area contributed by atoms with Gasteiger partial charge in [-0.25, -0.2) is 4.79 Å². The number of carbonyl (C=O) groups is 1. The minimum absolute atomic E-state index is 0.297. The monoisotopic (exact) mass is 231 g/mol. The van der Waals surface area contributed by atoms with Crippen molar-refractivity contribution in [2.24, 2.45) is 5.92 Å². The molecule has 1 heterocycles. The number of rotatable bonds is 6. The number of nitrogens with one attached hydrogen (secondary N) is 1. The summed E-state index contributed by atoms with van der Waals surface area (Å²) in [6, 6.07) is 0. The molecule has 1 unspecified atom stereocenters. The van der Waals surface area contributed by atoms with Gasteiger partial charge >= 0.3 is 5.97 Å². The summed E-state index contributed by atoms with van der Waals surface area (Å²) in [7, 11) is 0. The second-order valence-electron chi connectivity index (χ2n) is 4.20. The van der Waals surface area contributed by atoms with Crippen LogP contribution in [0.2, 0.25) is 0 Å². The number of esters is 1. The third-order valence-corrected chi connectivity index (χ3v) is 2.11. The summed E-state index contributed by atoms with van der Waals surface area (Å²) in [6.45, 7) is 7.48.